The van der Waals surface area contributed by atoms with Crippen molar-refractivity contribution in [3.63, 3.8) is 0 Å². The number of alkyl halides is 2. The number of nitrogens with zero attached hydrogens (tertiary/aromatic N) is 3. The van der Waals surface area contributed by atoms with E-state index < -0.39 is 12.9 Å². The average Bonchev–Trinajstić information content (AvgIpc) is 1.96. The third kappa shape index (κ3) is 2.47. The van der Waals surface area contributed by atoms with Gasteiger partial charge in [0.15, 0.2) is 0 Å². The van der Waals surface area contributed by atoms with E-state index in [-0.39, 0.29) is 11.3 Å². The van der Waals surface area contributed by atoms with Gasteiger partial charge < -0.3 is 5.73 Å². The van der Waals surface area contributed by atoms with Gasteiger partial charge in [-0.25, -0.2) is 4.99 Å². The van der Waals surface area contributed by atoms with E-state index in [4.69, 9.17) is 23.1 Å². The van der Waals surface area contributed by atoms with Gasteiger partial charge in [0.05, 0.1) is 0 Å². The second kappa shape index (κ2) is 3.81. The van der Waals surface area contributed by atoms with Gasteiger partial charge in [-0.1, -0.05) is 0 Å². The molecule has 0 spiro atoms. The second-order valence-corrected chi connectivity index (χ2v) is 2.31. The van der Waals surface area contributed by atoms with Crippen LogP contribution in [-0.4, -0.2) is 29.2 Å². The Labute approximate surface area is 76.8 Å². The van der Waals surface area contributed by atoms with Gasteiger partial charge in [0, 0.05) is 0 Å². The van der Waals surface area contributed by atoms with Crippen LogP contribution in [0.2, 0.25) is 0 Å². The molecule has 1 unspecified atom stereocenters. The first-order valence-electron chi connectivity index (χ1n) is 3.08. The number of hydroxylamine groups is 2. The molecule has 13 heavy (non-hydrogen) atoms. The van der Waals surface area contributed by atoms with Gasteiger partial charge in [-0.05, 0) is 11.6 Å². The highest BCUT2D eigenvalue weighted by atomic mass is 35.5. The highest BCUT2D eigenvalue weighted by Crippen LogP contribution is 2.11. The van der Waals surface area contributed by atoms with Gasteiger partial charge in [0.2, 0.25) is 17.5 Å². The smallest absolute Gasteiger partial charge is 0.365 e. The topological polar surface area (TPSA) is 89.2 Å². The van der Waals surface area contributed by atoms with Gasteiger partial charge in [-0.3, -0.25) is 5.73 Å². The number of guanidine groups is 1. The molecule has 0 saturated carbocycles. The van der Waals surface area contributed by atoms with E-state index in [9.17, 15) is 8.78 Å². The standard InChI is InChI=1S/C4H6ClF2N5O/c5-1-10-3(8)11-4(9)12(1)13-2(6)7/h2,4H,9H2,(H2,8,11). The first kappa shape index (κ1) is 10.1. The van der Waals surface area contributed by atoms with E-state index >= 15 is 0 Å². The lowest BCUT2D eigenvalue weighted by atomic mass is 10.7. The third-order valence-electron chi connectivity index (χ3n) is 1.09. The number of halogens is 3. The second-order valence-electron chi connectivity index (χ2n) is 1.97. The van der Waals surface area contributed by atoms with Crippen LogP contribution in [0.3, 0.4) is 0 Å². The summed E-state index contributed by atoms with van der Waals surface area (Å²) < 4.78 is 23.5. The Balaban J connectivity index is 2.72. The lowest BCUT2D eigenvalue weighted by molar-refractivity contribution is -0.260. The number of hydrogen-bond donors (Lipinski definition) is 2. The Kier molecular flexibility index (Phi) is 2.96. The molecule has 4 N–H and O–H groups in total. The largest absolute Gasteiger partial charge is 0.368 e. The van der Waals surface area contributed by atoms with Gasteiger partial charge in [0.1, 0.15) is 0 Å². The number of aliphatic imine (C=N–C) groups is 2. The van der Waals surface area contributed by atoms with Crippen LogP contribution in [-0.2, 0) is 4.84 Å². The van der Waals surface area contributed by atoms with Crippen molar-refractivity contribution in [3.05, 3.63) is 0 Å². The predicted octanol–water partition coefficient (Wildman–Crippen LogP) is -0.392. The summed E-state index contributed by atoms with van der Waals surface area (Å²) in [5.41, 5.74) is 10.4. The zero-order chi connectivity index (χ0) is 10.0. The number of nitrogens with two attached hydrogens (primary N) is 2. The van der Waals surface area contributed by atoms with Crippen molar-refractivity contribution in [1.29, 1.82) is 0 Å². The van der Waals surface area contributed by atoms with Crippen molar-refractivity contribution >= 4 is 22.9 Å². The summed E-state index contributed by atoms with van der Waals surface area (Å²) in [4.78, 5) is 10.7. The average molecular weight is 214 g/mol. The molecule has 1 aliphatic rings. The minimum absolute atomic E-state index is 0.188. The lowest BCUT2D eigenvalue weighted by Gasteiger charge is -2.26. The maximum Gasteiger partial charge on any atom is 0.365 e. The molecule has 9 heteroatoms. The normalized spacial score (nSPS) is 23.2. The summed E-state index contributed by atoms with van der Waals surface area (Å²) in [6, 6.07) is 0. The molecule has 0 aromatic heterocycles. The zero-order valence-corrected chi connectivity index (χ0v) is 6.95. The van der Waals surface area contributed by atoms with Crippen molar-refractivity contribution in [1.82, 2.24) is 5.06 Å². The predicted molar refractivity (Wildman–Crippen MR) is 41.8 cm³/mol. The molecule has 74 valence electrons. The number of rotatable bonds is 2. The first-order valence-corrected chi connectivity index (χ1v) is 3.45. The lowest BCUT2D eigenvalue weighted by Crippen LogP contribution is -2.47. The minimum atomic E-state index is -3.05. The van der Waals surface area contributed by atoms with Crippen LogP contribution >= 0.6 is 11.6 Å². The SMILES string of the molecule is NC1=NC(N)N(OC(F)F)C(Cl)=N1. The highest BCUT2D eigenvalue weighted by molar-refractivity contribution is 6.65. The van der Waals surface area contributed by atoms with E-state index in [1.165, 1.54) is 0 Å². The molecule has 0 amide bonds. The summed E-state index contributed by atoms with van der Waals surface area (Å²) in [5, 5.41) is 0.0723. The Morgan fingerprint density at radius 2 is 2.23 bits per heavy atom. The summed E-state index contributed by atoms with van der Waals surface area (Å²) in [6.07, 6.45) is -1.21. The molecule has 0 radical (unpaired) electrons. The van der Waals surface area contributed by atoms with Gasteiger partial charge in [0.25, 0.3) is 0 Å². The molecule has 1 atom stereocenters. The molecule has 1 rings (SSSR count). The Morgan fingerprint density at radius 1 is 1.62 bits per heavy atom. The fourth-order valence-electron chi connectivity index (χ4n) is 0.661. The molecule has 6 nitrogen and oxygen atoms in total. The van der Waals surface area contributed by atoms with E-state index in [0.717, 1.165) is 0 Å². The molecule has 0 aliphatic carbocycles. The molecular weight excluding hydrogens is 208 g/mol. The van der Waals surface area contributed by atoms with Crippen molar-refractivity contribution in [2.45, 2.75) is 12.9 Å². The van der Waals surface area contributed by atoms with E-state index in [0.29, 0.717) is 5.06 Å². The van der Waals surface area contributed by atoms with Crippen LogP contribution in [0, 0.1) is 0 Å². The fourth-order valence-corrected chi connectivity index (χ4v) is 0.888. The number of amidine groups is 1. The molecule has 0 aromatic carbocycles. The molecule has 1 aliphatic heterocycles. The van der Waals surface area contributed by atoms with Crippen LogP contribution in [0.1, 0.15) is 0 Å². The summed E-state index contributed by atoms with van der Waals surface area (Å²) in [7, 11) is 0. The van der Waals surface area contributed by atoms with Crippen molar-refractivity contribution < 1.29 is 13.6 Å². The summed E-state index contributed by atoms with van der Waals surface area (Å²) in [5.74, 6) is -0.188. The Morgan fingerprint density at radius 3 is 2.69 bits per heavy atom. The molecule has 1 heterocycles. The maximum atomic E-state index is 11.8. The van der Waals surface area contributed by atoms with Crippen LogP contribution in [0.4, 0.5) is 8.78 Å². The van der Waals surface area contributed by atoms with Crippen LogP contribution in [0.25, 0.3) is 0 Å². The molecule has 0 bridgehead atoms. The number of hydrogen-bond acceptors (Lipinski definition) is 6. The third-order valence-corrected chi connectivity index (χ3v) is 1.34. The summed E-state index contributed by atoms with van der Waals surface area (Å²) in [6.45, 7) is -3.05. The van der Waals surface area contributed by atoms with E-state index in [1.807, 2.05) is 0 Å². The van der Waals surface area contributed by atoms with Crippen LogP contribution in [0.5, 0.6) is 0 Å². The summed E-state index contributed by atoms with van der Waals surface area (Å²) >= 11 is 5.39. The fraction of sp³-hybridized carbons (Fsp3) is 0.500. The zero-order valence-electron chi connectivity index (χ0n) is 6.19. The van der Waals surface area contributed by atoms with E-state index in [2.05, 4.69) is 14.8 Å². The molecule has 0 saturated heterocycles. The monoisotopic (exact) mass is 213 g/mol. The Bertz CT molecular complexity index is 257. The van der Waals surface area contributed by atoms with Crippen molar-refractivity contribution in [2.75, 3.05) is 0 Å². The van der Waals surface area contributed by atoms with Crippen molar-refractivity contribution in [3.8, 4) is 0 Å². The van der Waals surface area contributed by atoms with Crippen molar-refractivity contribution in [2.24, 2.45) is 21.5 Å². The van der Waals surface area contributed by atoms with Crippen LogP contribution in [0.15, 0.2) is 9.98 Å². The van der Waals surface area contributed by atoms with E-state index in [1.54, 1.807) is 0 Å². The van der Waals surface area contributed by atoms with Gasteiger partial charge in [-0.2, -0.15) is 23.7 Å². The van der Waals surface area contributed by atoms with Gasteiger partial charge in [-0.15, -0.1) is 0 Å². The molecular formula is C4H6ClF2N5O. The Hall–Kier alpha value is -0.990. The quantitative estimate of drug-likeness (QED) is 0.612. The molecule has 0 aromatic rings. The van der Waals surface area contributed by atoms with Gasteiger partial charge >= 0.3 is 6.61 Å². The van der Waals surface area contributed by atoms with Crippen LogP contribution < -0.4 is 11.5 Å². The first-order chi connectivity index (χ1) is 6.00. The minimum Gasteiger partial charge on any atom is -0.368 e. The molecule has 0 fully saturated rings. The maximum absolute atomic E-state index is 11.8. The highest BCUT2D eigenvalue weighted by Gasteiger charge is 2.25.